The van der Waals surface area contributed by atoms with Gasteiger partial charge in [-0.05, 0) is 41.5 Å². The molecule has 0 saturated carbocycles. The molecule has 2 aliphatic rings. The highest BCUT2D eigenvalue weighted by Crippen LogP contribution is 2.38. The second kappa shape index (κ2) is 4.79. The zero-order chi connectivity index (χ0) is 13.4. The van der Waals surface area contributed by atoms with Crippen LogP contribution in [-0.4, -0.2) is 0 Å². The van der Waals surface area contributed by atoms with Gasteiger partial charge in [0.15, 0.2) is 0 Å². The lowest BCUT2D eigenvalue weighted by atomic mass is 9.78. The first-order valence-electron chi connectivity index (χ1n) is 7.44. The Balaban J connectivity index is 1.78. The summed E-state index contributed by atoms with van der Waals surface area (Å²) >= 11 is 0. The summed E-state index contributed by atoms with van der Waals surface area (Å²) in [7, 11) is 0. The fourth-order valence-electron chi connectivity index (χ4n) is 3.48. The van der Waals surface area contributed by atoms with E-state index >= 15 is 0 Å². The van der Waals surface area contributed by atoms with Gasteiger partial charge in [-0.3, -0.25) is 0 Å². The number of hydrogen-bond donors (Lipinski definition) is 0. The van der Waals surface area contributed by atoms with Crippen LogP contribution >= 0.6 is 0 Å². The monoisotopic (exact) mass is 258 g/mol. The molecule has 0 fully saturated rings. The van der Waals surface area contributed by atoms with Crippen molar-refractivity contribution in [2.24, 2.45) is 0 Å². The number of benzene rings is 2. The van der Waals surface area contributed by atoms with Gasteiger partial charge in [0.2, 0.25) is 0 Å². The fourth-order valence-corrected chi connectivity index (χ4v) is 3.48. The van der Waals surface area contributed by atoms with Crippen molar-refractivity contribution in [3.8, 4) is 0 Å². The molecular formula is C20H18. The Labute approximate surface area is 120 Å². The summed E-state index contributed by atoms with van der Waals surface area (Å²) in [5, 5.41) is 0. The van der Waals surface area contributed by atoms with Gasteiger partial charge in [0, 0.05) is 5.92 Å². The van der Waals surface area contributed by atoms with Gasteiger partial charge >= 0.3 is 0 Å². The lowest BCUT2D eigenvalue weighted by Crippen LogP contribution is -2.10. The summed E-state index contributed by atoms with van der Waals surface area (Å²) in [6, 6.07) is 17.7. The normalized spacial score (nSPS) is 20.0. The van der Waals surface area contributed by atoms with Crippen LogP contribution in [0.25, 0.3) is 6.08 Å². The highest BCUT2D eigenvalue weighted by Gasteiger charge is 2.21. The van der Waals surface area contributed by atoms with E-state index in [0.717, 1.165) is 6.42 Å². The van der Waals surface area contributed by atoms with E-state index in [9.17, 15) is 0 Å². The average Bonchev–Trinajstić information content (AvgIpc) is 2.54. The molecule has 0 heterocycles. The second-order valence-electron chi connectivity index (χ2n) is 5.73. The Morgan fingerprint density at radius 2 is 1.60 bits per heavy atom. The van der Waals surface area contributed by atoms with Crippen LogP contribution in [0.2, 0.25) is 0 Å². The van der Waals surface area contributed by atoms with Crippen LogP contribution in [0.1, 0.15) is 34.6 Å². The predicted molar refractivity (Wildman–Crippen MR) is 84.8 cm³/mol. The topological polar surface area (TPSA) is 0 Å². The maximum Gasteiger partial charge on any atom is 0.0234 e. The highest BCUT2D eigenvalue weighted by molar-refractivity contribution is 5.63. The van der Waals surface area contributed by atoms with Gasteiger partial charge in [0.1, 0.15) is 0 Å². The molecule has 0 amide bonds. The molecule has 0 aromatic heterocycles. The number of fused-ring (bicyclic) bond motifs is 2. The van der Waals surface area contributed by atoms with E-state index in [0.29, 0.717) is 5.92 Å². The van der Waals surface area contributed by atoms with Gasteiger partial charge in [0.25, 0.3) is 0 Å². The Hall–Kier alpha value is -2.08. The molecule has 0 nitrogen and oxygen atoms in total. The number of hydrogen-bond acceptors (Lipinski definition) is 0. The fraction of sp³-hybridized carbons (Fsp3) is 0.200. The summed E-state index contributed by atoms with van der Waals surface area (Å²) < 4.78 is 0. The molecule has 0 saturated heterocycles. The Bertz CT molecular complexity index is 703. The summed E-state index contributed by atoms with van der Waals surface area (Å²) in [5.41, 5.74) is 7.45. The molecule has 0 spiro atoms. The van der Waals surface area contributed by atoms with Crippen molar-refractivity contribution < 1.29 is 0 Å². The van der Waals surface area contributed by atoms with Crippen molar-refractivity contribution in [1.82, 2.24) is 0 Å². The number of aryl methyl sites for hydroxylation is 1. The van der Waals surface area contributed by atoms with E-state index < -0.39 is 0 Å². The van der Waals surface area contributed by atoms with E-state index in [4.69, 9.17) is 0 Å². The molecule has 0 N–H and O–H groups in total. The van der Waals surface area contributed by atoms with Crippen molar-refractivity contribution >= 4 is 6.08 Å². The summed E-state index contributed by atoms with van der Waals surface area (Å²) in [5.74, 6) is 0.480. The van der Waals surface area contributed by atoms with E-state index in [-0.39, 0.29) is 0 Å². The summed E-state index contributed by atoms with van der Waals surface area (Å²) in [6.07, 6.45) is 10.6. The van der Waals surface area contributed by atoms with Crippen LogP contribution in [-0.2, 0) is 12.8 Å². The van der Waals surface area contributed by atoms with Crippen LogP contribution in [0.5, 0.6) is 0 Å². The van der Waals surface area contributed by atoms with Gasteiger partial charge in [0.05, 0.1) is 0 Å². The van der Waals surface area contributed by atoms with Gasteiger partial charge < -0.3 is 0 Å². The standard InChI is InChI=1S/C20H18/c1-2-8-17-14-18(13-12-15(17)6-1)20-11-5-9-16-7-3-4-10-19(16)20/h1-8,10-11,14,20H,9,12-13H2. The van der Waals surface area contributed by atoms with Crippen LogP contribution in [0.3, 0.4) is 0 Å². The molecule has 0 bridgehead atoms. The molecule has 0 heteroatoms. The minimum Gasteiger partial charge on any atom is -0.0832 e. The zero-order valence-electron chi connectivity index (χ0n) is 11.5. The molecule has 20 heavy (non-hydrogen) atoms. The molecule has 0 radical (unpaired) electrons. The maximum atomic E-state index is 2.41. The van der Waals surface area contributed by atoms with E-state index in [1.54, 1.807) is 5.57 Å². The summed E-state index contributed by atoms with van der Waals surface area (Å²) in [6.45, 7) is 0. The lowest BCUT2D eigenvalue weighted by molar-refractivity contribution is 0.821. The zero-order valence-corrected chi connectivity index (χ0v) is 11.5. The van der Waals surface area contributed by atoms with Gasteiger partial charge in [-0.2, -0.15) is 0 Å². The minimum atomic E-state index is 0.480. The third-order valence-electron chi connectivity index (χ3n) is 4.53. The Morgan fingerprint density at radius 3 is 2.55 bits per heavy atom. The summed E-state index contributed by atoms with van der Waals surface area (Å²) in [4.78, 5) is 0. The first-order chi connectivity index (χ1) is 9.92. The third-order valence-corrected chi connectivity index (χ3v) is 4.53. The molecule has 2 aromatic carbocycles. The van der Waals surface area contributed by atoms with E-state index in [1.807, 2.05) is 0 Å². The van der Waals surface area contributed by atoms with Gasteiger partial charge in [-0.15, -0.1) is 0 Å². The van der Waals surface area contributed by atoms with Crippen LogP contribution < -0.4 is 0 Å². The number of rotatable bonds is 1. The van der Waals surface area contributed by atoms with Crippen molar-refractivity contribution in [3.63, 3.8) is 0 Å². The smallest absolute Gasteiger partial charge is 0.0234 e. The molecule has 0 aliphatic heterocycles. The van der Waals surface area contributed by atoms with Crippen LogP contribution in [0.15, 0.2) is 66.3 Å². The van der Waals surface area contributed by atoms with Crippen LogP contribution in [0, 0.1) is 0 Å². The third kappa shape index (κ3) is 1.92. The molecule has 98 valence electrons. The van der Waals surface area contributed by atoms with Gasteiger partial charge in [-0.1, -0.05) is 72.3 Å². The quantitative estimate of drug-likeness (QED) is 0.637. The van der Waals surface area contributed by atoms with Crippen molar-refractivity contribution in [2.45, 2.75) is 25.2 Å². The average molecular weight is 258 g/mol. The van der Waals surface area contributed by atoms with Crippen molar-refractivity contribution in [2.75, 3.05) is 0 Å². The molecule has 4 rings (SSSR count). The van der Waals surface area contributed by atoms with Crippen molar-refractivity contribution in [1.29, 1.82) is 0 Å². The van der Waals surface area contributed by atoms with E-state index in [2.05, 4.69) is 66.8 Å². The largest absolute Gasteiger partial charge is 0.0832 e. The molecule has 2 aromatic rings. The molecular weight excluding hydrogens is 240 g/mol. The number of allylic oxidation sites excluding steroid dienone is 3. The van der Waals surface area contributed by atoms with E-state index in [1.165, 1.54) is 35.1 Å². The molecule has 1 atom stereocenters. The highest BCUT2D eigenvalue weighted by atomic mass is 14.3. The first-order valence-corrected chi connectivity index (χ1v) is 7.44. The predicted octanol–water partition coefficient (Wildman–Crippen LogP) is 4.91. The minimum absolute atomic E-state index is 0.480. The maximum absolute atomic E-state index is 2.41. The second-order valence-corrected chi connectivity index (χ2v) is 5.73. The van der Waals surface area contributed by atoms with Crippen molar-refractivity contribution in [3.05, 3.63) is 88.5 Å². The van der Waals surface area contributed by atoms with Crippen LogP contribution in [0.4, 0.5) is 0 Å². The lowest BCUT2D eigenvalue weighted by Gasteiger charge is -2.26. The first kappa shape index (κ1) is 11.7. The van der Waals surface area contributed by atoms with Gasteiger partial charge in [-0.25, -0.2) is 0 Å². The molecule has 1 unspecified atom stereocenters. The Kier molecular flexibility index (Phi) is 2.81. The molecule has 2 aliphatic carbocycles. The Morgan fingerprint density at radius 1 is 0.800 bits per heavy atom. The SMILES string of the molecule is C1=CC(C2=Cc3ccccc3CC2)c2ccccc2C1.